The molecule has 1 atom stereocenters. The molecule has 1 heterocycles. The zero-order chi connectivity index (χ0) is 14.0. The highest BCUT2D eigenvalue weighted by Gasteiger charge is 2.38. The van der Waals surface area contributed by atoms with E-state index in [9.17, 15) is 10.4 Å². The Balaban J connectivity index is 2.03. The second-order valence-corrected chi connectivity index (χ2v) is 5.14. The van der Waals surface area contributed by atoms with E-state index in [4.69, 9.17) is 4.74 Å². The summed E-state index contributed by atoms with van der Waals surface area (Å²) in [6.07, 6.45) is 1.24. The third-order valence-electron chi connectivity index (χ3n) is 3.82. The average molecular weight is 265 g/mol. The van der Waals surface area contributed by atoms with E-state index >= 15 is 0 Å². The van der Waals surface area contributed by atoms with Gasteiger partial charge >= 0.3 is 0 Å². The second-order valence-electron chi connectivity index (χ2n) is 5.14. The minimum Gasteiger partial charge on any atom is -0.508 e. The second kappa shape index (κ2) is 4.90. The molecular formula is C17H15NO2. The minimum atomic E-state index is -0.581. The highest BCUT2D eigenvalue weighted by molar-refractivity contribution is 5.47. The minimum absolute atomic E-state index is 0.232. The molecule has 1 unspecified atom stereocenters. The van der Waals surface area contributed by atoms with Gasteiger partial charge in [-0.25, -0.2) is 0 Å². The first kappa shape index (κ1) is 12.6. The molecule has 1 aliphatic rings. The molecule has 0 amide bonds. The molecule has 20 heavy (non-hydrogen) atoms. The molecule has 0 fully saturated rings. The van der Waals surface area contributed by atoms with Crippen LogP contribution < -0.4 is 4.74 Å². The van der Waals surface area contributed by atoms with Crippen LogP contribution in [0.15, 0.2) is 48.5 Å². The number of nitriles is 1. The molecule has 100 valence electrons. The van der Waals surface area contributed by atoms with Crippen LogP contribution in [0.25, 0.3) is 0 Å². The van der Waals surface area contributed by atoms with Crippen LogP contribution in [0.2, 0.25) is 0 Å². The maximum atomic E-state index is 9.75. The Hall–Kier alpha value is -2.47. The first-order valence-corrected chi connectivity index (χ1v) is 6.65. The number of hydrogen-bond donors (Lipinski definition) is 1. The summed E-state index contributed by atoms with van der Waals surface area (Å²) in [6.45, 7) is 0.545. The van der Waals surface area contributed by atoms with Crippen molar-refractivity contribution >= 4 is 0 Å². The number of nitrogens with zero attached hydrogens (tertiary/aromatic N) is 1. The molecule has 0 bridgehead atoms. The standard InChI is InChI=1S/C17H15NO2/c18-12-17(11-13-4-3-5-14(19)10-13)8-9-20-16-7-2-1-6-15(16)17/h1-7,10,19H,8-9,11H2. The Kier molecular flexibility index (Phi) is 3.08. The highest BCUT2D eigenvalue weighted by atomic mass is 16.5. The predicted molar refractivity (Wildman–Crippen MR) is 75.7 cm³/mol. The van der Waals surface area contributed by atoms with Crippen molar-refractivity contribution in [1.82, 2.24) is 0 Å². The maximum absolute atomic E-state index is 9.75. The van der Waals surface area contributed by atoms with Crippen molar-refractivity contribution in [2.24, 2.45) is 0 Å². The monoisotopic (exact) mass is 265 g/mol. The Bertz CT molecular complexity index is 675. The molecule has 2 aromatic carbocycles. The van der Waals surface area contributed by atoms with Gasteiger partial charge in [-0.05, 0) is 30.2 Å². The zero-order valence-electron chi connectivity index (χ0n) is 11.0. The van der Waals surface area contributed by atoms with Gasteiger partial charge in [0.1, 0.15) is 11.5 Å². The van der Waals surface area contributed by atoms with E-state index in [2.05, 4.69) is 6.07 Å². The third kappa shape index (κ3) is 2.10. The number of hydrogen-bond acceptors (Lipinski definition) is 3. The Morgan fingerprint density at radius 3 is 2.85 bits per heavy atom. The summed E-state index contributed by atoms with van der Waals surface area (Å²) in [5.74, 6) is 1.02. The summed E-state index contributed by atoms with van der Waals surface area (Å²) in [5.41, 5.74) is 1.32. The van der Waals surface area contributed by atoms with Gasteiger partial charge in [0.25, 0.3) is 0 Å². The molecule has 0 radical (unpaired) electrons. The van der Waals surface area contributed by atoms with Gasteiger partial charge < -0.3 is 9.84 Å². The fraction of sp³-hybridized carbons (Fsp3) is 0.235. The van der Waals surface area contributed by atoms with E-state index in [-0.39, 0.29) is 5.75 Å². The maximum Gasteiger partial charge on any atom is 0.124 e. The van der Waals surface area contributed by atoms with E-state index in [1.807, 2.05) is 30.3 Å². The van der Waals surface area contributed by atoms with Gasteiger partial charge in [0.2, 0.25) is 0 Å². The van der Waals surface area contributed by atoms with Gasteiger partial charge in [0.15, 0.2) is 0 Å². The van der Waals surface area contributed by atoms with Gasteiger partial charge in [0.05, 0.1) is 18.1 Å². The van der Waals surface area contributed by atoms with Crippen LogP contribution in [0.1, 0.15) is 17.5 Å². The van der Waals surface area contributed by atoms with E-state index in [0.717, 1.165) is 16.9 Å². The number of para-hydroxylation sites is 1. The molecule has 0 aromatic heterocycles. The highest BCUT2D eigenvalue weighted by Crippen LogP contribution is 2.40. The lowest BCUT2D eigenvalue weighted by Crippen LogP contribution is -2.33. The van der Waals surface area contributed by atoms with Crippen molar-refractivity contribution in [3.63, 3.8) is 0 Å². The quantitative estimate of drug-likeness (QED) is 0.907. The Morgan fingerprint density at radius 2 is 2.05 bits per heavy atom. The number of phenolic OH excluding ortho intramolecular Hbond substituents is 1. The Labute approximate surface area is 118 Å². The topological polar surface area (TPSA) is 53.2 Å². The van der Waals surface area contributed by atoms with Crippen LogP contribution in [-0.2, 0) is 11.8 Å². The van der Waals surface area contributed by atoms with Gasteiger partial charge in [-0.3, -0.25) is 0 Å². The van der Waals surface area contributed by atoms with Crippen LogP contribution in [0.3, 0.4) is 0 Å². The van der Waals surface area contributed by atoms with Crippen molar-refractivity contribution in [1.29, 1.82) is 5.26 Å². The molecule has 3 heteroatoms. The lowest BCUT2D eigenvalue weighted by atomic mass is 9.73. The number of ether oxygens (including phenoxy) is 1. The molecule has 1 N–H and O–H groups in total. The van der Waals surface area contributed by atoms with Crippen molar-refractivity contribution in [3.8, 4) is 17.6 Å². The summed E-state index contributed by atoms with van der Waals surface area (Å²) < 4.78 is 5.64. The van der Waals surface area contributed by atoms with E-state index in [1.54, 1.807) is 18.2 Å². The van der Waals surface area contributed by atoms with E-state index in [0.29, 0.717) is 19.4 Å². The molecule has 0 saturated carbocycles. The van der Waals surface area contributed by atoms with Crippen molar-refractivity contribution < 1.29 is 9.84 Å². The van der Waals surface area contributed by atoms with Crippen molar-refractivity contribution in [2.75, 3.05) is 6.61 Å². The molecule has 1 aliphatic heterocycles. The van der Waals surface area contributed by atoms with Crippen LogP contribution in [-0.4, -0.2) is 11.7 Å². The first-order valence-electron chi connectivity index (χ1n) is 6.65. The SMILES string of the molecule is N#CC1(Cc2cccc(O)c2)CCOc2ccccc21. The van der Waals surface area contributed by atoms with Crippen molar-refractivity contribution in [2.45, 2.75) is 18.3 Å². The lowest BCUT2D eigenvalue weighted by molar-refractivity contribution is 0.241. The van der Waals surface area contributed by atoms with Gasteiger partial charge in [-0.1, -0.05) is 30.3 Å². The normalized spacial score (nSPS) is 20.6. The summed E-state index contributed by atoms with van der Waals surface area (Å²) in [5, 5.41) is 19.3. The number of aromatic hydroxyl groups is 1. The predicted octanol–water partition coefficient (Wildman–Crippen LogP) is 3.18. The number of rotatable bonds is 2. The average Bonchev–Trinajstić information content (AvgIpc) is 2.47. The first-order chi connectivity index (χ1) is 9.73. The van der Waals surface area contributed by atoms with Crippen LogP contribution in [0.4, 0.5) is 0 Å². The molecular weight excluding hydrogens is 250 g/mol. The molecule has 3 rings (SSSR count). The number of phenols is 1. The number of fused-ring (bicyclic) bond motifs is 1. The third-order valence-corrected chi connectivity index (χ3v) is 3.82. The molecule has 0 spiro atoms. The summed E-state index contributed by atoms with van der Waals surface area (Å²) in [7, 11) is 0. The summed E-state index contributed by atoms with van der Waals surface area (Å²) in [4.78, 5) is 0. The van der Waals surface area contributed by atoms with Crippen LogP contribution >= 0.6 is 0 Å². The molecule has 2 aromatic rings. The van der Waals surface area contributed by atoms with Gasteiger partial charge in [-0.2, -0.15) is 5.26 Å². The Morgan fingerprint density at radius 1 is 1.20 bits per heavy atom. The van der Waals surface area contributed by atoms with Crippen molar-refractivity contribution in [3.05, 3.63) is 59.7 Å². The molecule has 3 nitrogen and oxygen atoms in total. The smallest absolute Gasteiger partial charge is 0.124 e. The lowest BCUT2D eigenvalue weighted by Gasteiger charge is -2.33. The largest absolute Gasteiger partial charge is 0.508 e. The fourth-order valence-electron chi connectivity index (χ4n) is 2.81. The summed E-state index contributed by atoms with van der Waals surface area (Å²) in [6, 6.07) is 17.3. The van der Waals surface area contributed by atoms with E-state index < -0.39 is 5.41 Å². The molecule has 0 saturated heterocycles. The van der Waals surface area contributed by atoms with Gasteiger partial charge in [0, 0.05) is 12.0 Å². The zero-order valence-corrected chi connectivity index (χ0v) is 11.0. The van der Waals surface area contributed by atoms with Crippen LogP contribution in [0.5, 0.6) is 11.5 Å². The van der Waals surface area contributed by atoms with E-state index in [1.165, 1.54) is 0 Å². The van der Waals surface area contributed by atoms with Crippen LogP contribution in [0, 0.1) is 11.3 Å². The summed E-state index contributed by atoms with van der Waals surface area (Å²) >= 11 is 0. The fourth-order valence-corrected chi connectivity index (χ4v) is 2.81. The van der Waals surface area contributed by atoms with Gasteiger partial charge in [-0.15, -0.1) is 0 Å². The molecule has 0 aliphatic carbocycles. The number of benzene rings is 2.